The molecule has 49 heteroatoms. The van der Waals surface area contributed by atoms with Gasteiger partial charge in [0.2, 0.25) is 17.9 Å². The van der Waals surface area contributed by atoms with Gasteiger partial charge in [-0.25, -0.2) is 9.59 Å². The molecule has 0 amide bonds. The summed E-state index contributed by atoms with van der Waals surface area (Å²) in [6.45, 7) is 0.937. The number of hydrogen-bond acceptors (Lipinski definition) is 26. The molecule has 760 valence electrons. The zero-order chi connectivity index (χ0) is 100. The van der Waals surface area contributed by atoms with Gasteiger partial charge in [0.05, 0.1) is 71.1 Å². The Hall–Kier alpha value is -5.06. The maximum Gasteiger partial charge on any atom is 1.00 e. The average molecular weight is 2170 g/mol. The van der Waals surface area contributed by atoms with Gasteiger partial charge in [-0.3, -0.25) is 14.4 Å². The maximum absolute atomic E-state index is 12.8. The number of carboxylic acids is 1. The monoisotopic (exact) mass is 2170 g/mol. The van der Waals surface area contributed by atoms with Crippen molar-refractivity contribution >= 4 is 107 Å². The van der Waals surface area contributed by atoms with Gasteiger partial charge in [0, 0.05) is 49.1 Å². The number of rotatable bonds is 17. The summed E-state index contributed by atoms with van der Waals surface area (Å²) in [5.41, 5.74) is -3.01. The van der Waals surface area contributed by atoms with Crippen LogP contribution in [0.3, 0.4) is 0 Å². The molecule has 0 heterocycles. The summed E-state index contributed by atoms with van der Waals surface area (Å²) >= 11 is -0.750. The van der Waals surface area contributed by atoms with Gasteiger partial charge in [-0.15, -0.1) is 50.3 Å². The Kier molecular flexibility index (Phi) is 58.1. The van der Waals surface area contributed by atoms with E-state index in [1.807, 2.05) is 0 Å². The summed E-state index contributed by atoms with van der Waals surface area (Å²) in [5, 5.41) is 58.3. The van der Waals surface area contributed by atoms with Crippen molar-refractivity contribution in [3.05, 3.63) is 201 Å². The van der Waals surface area contributed by atoms with Gasteiger partial charge in [-0.1, -0.05) is 109 Å². The maximum atomic E-state index is 12.8. The molecule has 6 aromatic rings. The first kappa shape index (κ1) is 134. The van der Waals surface area contributed by atoms with E-state index in [9.17, 15) is 93.0 Å². The Labute approximate surface area is 918 Å². The van der Waals surface area contributed by atoms with Crippen molar-refractivity contribution in [3.8, 4) is 0 Å². The second kappa shape index (κ2) is 61.2. The second-order valence-electron chi connectivity index (χ2n) is 36.8. The van der Waals surface area contributed by atoms with Crippen molar-refractivity contribution in [1.29, 1.82) is 0 Å². The third-order valence-electron chi connectivity index (χ3n) is 25.6. The number of halogens is 12. The molecule has 7 N–H and O–H groups in total. The van der Waals surface area contributed by atoms with E-state index in [2.05, 4.69) is 187 Å². The van der Waals surface area contributed by atoms with Gasteiger partial charge in [0.25, 0.3) is 0 Å². The number of carbonyl (C=O) groups excluding carboxylic acids is 4. The number of aliphatic hydroxyl groups excluding tert-OH is 1. The van der Waals surface area contributed by atoms with E-state index in [4.69, 9.17) is 70.4 Å². The van der Waals surface area contributed by atoms with Crippen LogP contribution in [0.15, 0.2) is 211 Å². The molecule has 0 aliphatic heterocycles. The summed E-state index contributed by atoms with van der Waals surface area (Å²) in [7, 11) is -8.69. The quantitative estimate of drug-likeness (QED) is 0.0189. The Morgan fingerprint density at radius 1 is 0.369 bits per heavy atom. The Balaban J connectivity index is 0.000000796. The van der Waals surface area contributed by atoms with Crippen LogP contribution >= 0.6 is 12.4 Å². The Morgan fingerprint density at radius 3 is 0.688 bits per heavy atom. The predicted molar refractivity (Wildman–Crippen MR) is 471 cm³/mol. The van der Waals surface area contributed by atoms with Crippen molar-refractivity contribution < 1.29 is 292 Å². The average Bonchev–Trinajstić information content (AvgIpc) is 0.747. The molecule has 0 aromatic heterocycles. The Morgan fingerprint density at radius 2 is 0.546 bits per heavy atom. The molecule has 16 saturated carbocycles. The molecule has 16 aliphatic rings. The van der Waals surface area contributed by atoms with Gasteiger partial charge in [-0.05, 0) is 280 Å². The number of ether oxygens (including phenoxy) is 4. The van der Waals surface area contributed by atoms with Crippen LogP contribution in [0.4, 0.5) is 48.3 Å². The van der Waals surface area contributed by atoms with E-state index in [0.29, 0.717) is 87.2 Å². The normalized spacial score (nSPS) is 27.3. The minimum atomic E-state index is -4.85. The minimum absolute atomic E-state index is 0. The zero-order valence-electron chi connectivity index (χ0n) is 78.0. The number of alkyl halides is 5. The number of aliphatic hydroxyl groups is 5. The Bertz CT molecular complexity index is 4740. The summed E-state index contributed by atoms with van der Waals surface area (Å²) in [5.74, 6) is -8.03. The van der Waals surface area contributed by atoms with Gasteiger partial charge in [0.15, 0.2) is 29.4 Å². The molecule has 22 rings (SSSR count). The first-order valence-corrected chi connectivity index (χ1v) is 48.7. The predicted octanol–water partition coefficient (Wildman–Crippen LogP) is 3.77. The fraction of sp³-hybridized carbons (Fsp3) is 0.522. The molecule has 0 spiro atoms. The van der Waals surface area contributed by atoms with Crippen LogP contribution < -0.4 is 118 Å². The number of aliphatic carboxylic acids is 1. The number of carboxylic acid groups (broad SMARTS) is 1. The molecule has 0 saturated heterocycles. The molecule has 141 heavy (non-hydrogen) atoms. The van der Waals surface area contributed by atoms with Crippen molar-refractivity contribution in [1.82, 2.24) is 0 Å². The zero-order valence-corrected chi connectivity index (χ0v) is 91.8. The van der Waals surface area contributed by atoms with E-state index in [1.54, 1.807) is 0 Å². The molecule has 16 bridgehead atoms. The van der Waals surface area contributed by atoms with E-state index < -0.39 is 127 Å². The van der Waals surface area contributed by atoms with Crippen LogP contribution in [0, 0.1) is 88.3 Å². The molecule has 8 unspecified atom stereocenters. The van der Waals surface area contributed by atoms with Crippen LogP contribution in [0.1, 0.15) is 161 Å². The molecular weight excluding hydrogens is 2070 g/mol. The van der Waals surface area contributed by atoms with Crippen LogP contribution in [-0.2, 0) is 108 Å². The minimum Gasteiger partial charge on any atom is -0.870 e. The van der Waals surface area contributed by atoms with E-state index in [0.717, 1.165) is 116 Å². The number of hydrogen-bond donors (Lipinski definition) is 6. The second-order valence-corrected chi connectivity index (χ2v) is 42.2. The first-order valence-electron chi connectivity index (χ1n) is 42.6. The van der Waals surface area contributed by atoms with E-state index in [1.165, 1.54) is 48.6 Å². The largest absolute Gasteiger partial charge is 1.00 e. The molecule has 16 fully saturated rings. The van der Waals surface area contributed by atoms with Crippen LogP contribution in [0.5, 0.6) is 0 Å². The smallest absolute Gasteiger partial charge is 0.870 e. The van der Waals surface area contributed by atoms with Crippen molar-refractivity contribution in [2.75, 3.05) is 33.5 Å². The number of carbonyl (C=O) groups is 5. The van der Waals surface area contributed by atoms with Crippen molar-refractivity contribution in [3.63, 3.8) is 0 Å². The first-order chi connectivity index (χ1) is 63.3. The number of esters is 4. The van der Waals surface area contributed by atoms with Gasteiger partial charge in [-0.2, -0.15) is 30.4 Å². The summed E-state index contributed by atoms with van der Waals surface area (Å²) < 4.78 is 238. The van der Waals surface area contributed by atoms with Gasteiger partial charge < -0.3 is 81.4 Å². The summed E-state index contributed by atoms with van der Waals surface area (Å²) in [4.78, 5) is 59.5. The summed E-state index contributed by atoms with van der Waals surface area (Å²) in [6.07, 6.45) is 9.98. The SMILES string of the molecule is CC(F)(F)C(=O)OCC12CC3CC(CC(O)(C3)C1)C2.COC(=O)C(F)(F)F.Cl.O=C(O)[C-](F)F.O=C(OCC12CC3CC(CC(O)(C3)C1)C2)[C-](F)F.O=C(OCC12CC3CC(CC(O)(C3)C1)C2)[C-](F)F.O=S(=O)=O.O=S(=O)=O.O=S(=O)=O.O=S=O.OCC12CC3CC(CC(O)(C3)C1)C2.[Na+].[Na+].[Na+].[Na+].[OH-].c1ccc([S+](c2ccccc2)c2ccccc2)cc1.c1ccc([S+](c2ccccc2)c2ccccc2)cc1. The molecule has 16 aliphatic carbocycles. The molecule has 6 aromatic carbocycles. The van der Waals surface area contributed by atoms with Crippen molar-refractivity contribution in [2.45, 2.75) is 225 Å². The molecular formula is C92H108ClF11Na4O27S6+2. The fourth-order valence-corrected chi connectivity index (χ4v) is 27.7. The fourth-order valence-electron chi connectivity index (χ4n) is 23.5. The van der Waals surface area contributed by atoms with Crippen LogP contribution in [-0.4, -0.2) is 180 Å². The third-order valence-corrected chi connectivity index (χ3v) is 30.0. The molecule has 0 radical (unpaired) electrons. The van der Waals surface area contributed by atoms with Crippen LogP contribution in [0.2, 0.25) is 0 Å². The molecule has 8 atom stereocenters. The van der Waals surface area contributed by atoms with E-state index in [-0.39, 0.29) is 199 Å². The van der Waals surface area contributed by atoms with Gasteiger partial charge >= 0.3 is 186 Å². The van der Waals surface area contributed by atoms with Crippen molar-refractivity contribution in [2.24, 2.45) is 69.0 Å². The number of benzene rings is 6. The number of methoxy groups -OCH3 is 1. The topological polar surface area (TPSA) is 461 Å². The van der Waals surface area contributed by atoms with Gasteiger partial charge in [0.1, 0.15) is 0 Å². The summed E-state index contributed by atoms with van der Waals surface area (Å²) in [6, 6.07) is 64.3. The molecule has 27 nitrogen and oxygen atoms in total. The third kappa shape index (κ3) is 43.6. The standard InChI is InChI=1S/2C18H15S.C14H20F2O3.2C13H17F2O3.C11H18O2.C3H3F3O2.C2HF2O2.ClH.4Na.3O3S.O2S.H2O/c2*1-4-10-16(11-5-1)19(17-12-6-2-7-13-17)18-14-8-3-9-15-18;1-12(15,16)11(17)19-8-13-3-9-2-10(4-13)6-14(18,5-9)7-13;2*14-10(15)11(16)18-7-12-2-8-1-9(3-12)5-13(17,4-8)6-12;12-7-10-2-8-1-9(3-10)5-11(13,4-8)6-10;1-8-2(7)3(4,5)6;3-1(4)2(5)6;;;;;;3*1-4(2)3;1-3-2;/h2*1-15H;9-10,18H,2-8H2,1H3;2*8-9,17H,1-7H2;8-9,12-13H,1-7H2;1H3;(H,5,6);1H;;;;;;;;;1H2/q2*+1;;2*-1;;;-1;;4*+1;;;;;/p-1. The van der Waals surface area contributed by atoms with E-state index >= 15 is 0 Å². The van der Waals surface area contributed by atoms with Crippen LogP contribution in [0.25, 0.3) is 0 Å².